The fourth-order valence-corrected chi connectivity index (χ4v) is 5.24. The maximum Gasteiger partial charge on any atom is 0.418 e. The lowest BCUT2D eigenvalue weighted by Crippen LogP contribution is -2.33. The second-order valence-corrected chi connectivity index (χ2v) is 9.42. The number of rotatable bonds is 6. The summed E-state index contributed by atoms with van der Waals surface area (Å²) in [4.78, 5) is 19.4. The third kappa shape index (κ3) is 5.09. The van der Waals surface area contributed by atoms with Gasteiger partial charge >= 0.3 is 12.1 Å². The van der Waals surface area contributed by atoms with Gasteiger partial charge < -0.3 is 20.6 Å². The van der Waals surface area contributed by atoms with E-state index in [0.29, 0.717) is 36.2 Å². The van der Waals surface area contributed by atoms with Gasteiger partial charge in [-0.15, -0.1) is 5.10 Å². The van der Waals surface area contributed by atoms with Crippen molar-refractivity contribution in [3.8, 4) is 0 Å². The summed E-state index contributed by atoms with van der Waals surface area (Å²) in [7, 11) is 0. The fraction of sp³-hybridized carbons (Fsp3) is 0.421. The van der Waals surface area contributed by atoms with E-state index in [4.69, 9.17) is 28.3 Å². The fourth-order valence-electron chi connectivity index (χ4n) is 4.24. The number of thiazole rings is 1. The molecule has 2 atom stereocenters. The van der Waals surface area contributed by atoms with Gasteiger partial charge in [-0.2, -0.15) is 13.2 Å². The van der Waals surface area contributed by atoms with Gasteiger partial charge in [0.05, 0.1) is 22.3 Å². The number of carbonyl (C=O) groups is 1. The lowest BCUT2D eigenvalue weighted by molar-refractivity contribution is -0.138. The lowest BCUT2D eigenvalue weighted by Gasteiger charge is -2.26. The number of aliphatic carboxylic acids is 1. The van der Waals surface area contributed by atoms with Crippen molar-refractivity contribution >= 4 is 45.6 Å². The van der Waals surface area contributed by atoms with E-state index >= 15 is 0 Å². The molecule has 2 aliphatic heterocycles. The first-order chi connectivity index (χ1) is 15.5. The van der Waals surface area contributed by atoms with Crippen LogP contribution in [0.2, 0.25) is 5.02 Å². The van der Waals surface area contributed by atoms with Crippen molar-refractivity contribution < 1.29 is 23.1 Å². The van der Waals surface area contributed by atoms with E-state index < -0.39 is 24.3 Å². The molecule has 3 heterocycles. The second-order valence-electron chi connectivity index (χ2n) is 7.97. The molecule has 178 valence electrons. The van der Waals surface area contributed by atoms with Crippen LogP contribution in [-0.2, 0) is 11.0 Å². The number of alkyl halides is 3. The SMILES string of the molecule is N/C(=N\N(N)CC(=O)O)c1cnc(N2CC3CN(c4cc(Cl)ccc4C(F)(F)F)CC3C2)s1. The molecule has 1 aromatic heterocycles. The molecule has 0 bridgehead atoms. The predicted molar refractivity (Wildman–Crippen MR) is 119 cm³/mol. The average molecular weight is 504 g/mol. The van der Waals surface area contributed by atoms with Crippen LogP contribution in [0.4, 0.5) is 24.0 Å². The van der Waals surface area contributed by atoms with Crippen molar-refractivity contribution in [3.05, 3.63) is 39.9 Å². The van der Waals surface area contributed by atoms with E-state index in [1.165, 1.54) is 29.7 Å². The second kappa shape index (κ2) is 8.88. The quantitative estimate of drug-likeness (QED) is 0.237. The standard InChI is InChI=1S/C19H21ClF3N7O2S/c20-12-1-2-13(19(21,22)23)14(3-12)28-5-10-7-29(8-11(10)6-28)18-26-4-15(33-18)17(24)27-30(25)9-16(31)32/h1-4,10-11H,5-9,25H2,(H2,24,27)(H,31,32). The molecule has 0 aliphatic carbocycles. The van der Waals surface area contributed by atoms with Gasteiger partial charge in [0.15, 0.2) is 17.5 Å². The van der Waals surface area contributed by atoms with Crippen LogP contribution in [0.5, 0.6) is 0 Å². The van der Waals surface area contributed by atoms with Gasteiger partial charge in [0, 0.05) is 43.0 Å². The van der Waals surface area contributed by atoms with Crippen LogP contribution in [-0.4, -0.2) is 59.7 Å². The van der Waals surface area contributed by atoms with Crippen molar-refractivity contribution in [2.75, 3.05) is 42.5 Å². The molecule has 0 saturated carbocycles. The van der Waals surface area contributed by atoms with Crippen molar-refractivity contribution in [1.82, 2.24) is 10.1 Å². The van der Waals surface area contributed by atoms with E-state index in [1.807, 2.05) is 0 Å². The van der Waals surface area contributed by atoms with Crippen molar-refractivity contribution in [2.45, 2.75) is 6.18 Å². The number of hydrazine groups is 1. The number of aromatic nitrogens is 1. The van der Waals surface area contributed by atoms with Gasteiger partial charge in [-0.1, -0.05) is 22.9 Å². The summed E-state index contributed by atoms with van der Waals surface area (Å²) < 4.78 is 40.4. The Morgan fingerprint density at radius 3 is 2.52 bits per heavy atom. The zero-order valence-corrected chi connectivity index (χ0v) is 18.7. The van der Waals surface area contributed by atoms with Gasteiger partial charge in [-0.3, -0.25) is 4.79 Å². The minimum atomic E-state index is -4.45. The number of halogens is 4. The van der Waals surface area contributed by atoms with Gasteiger partial charge in [0.2, 0.25) is 0 Å². The Hall–Kier alpha value is -2.77. The Morgan fingerprint density at radius 1 is 1.27 bits per heavy atom. The minimum Gasteiger partial charge on any atom is -0.480 e. The van der Waals surface area contributed by atoms with Gasteiger partial charge in [-0.05, 0) is 18.2 Å². The number of fused-ring (bicyclic) bond motifs is 1. The molecule has 2 aromatic rings. The molecule has 14 heteroatoms. The lowest BCUT2D eigenvalue weighted by atomic mass is 10.0. The number of nitrogens with two attached hydrogens (primary N) is 2. The zero-order chi connectivity index (χ0) is 23.9. The Morgan fingerprint density at radius 2 is 1.91 bits per heavy atom. The Balaban J connectivity index is 1.43. The number of anilines is 2. The van der Waals surface area contributed by atoms with E-state index in [1.54, 1.807) is 4.90 Å². The first kappa shape index (κ1) is 23.4. The van der Waals surface area contributed by atoms with E-state index in [9.17, 15) is 18.0 Å². The summed E-state index contributed by atoms with van der Waals surface area (Å²) in [5, 5.41) is 14.3. The minimum absolute atomic E-state index is 0.0497. The first-order valence-electron chi connectivity index (χ1n) is 9.92. The van der Waals surface area contributed by atoms with Crippen molar-refractivity contribution in [2.24, 2.45) is 28.5 Å². The van der Waals surface area contributed by atoms with Crippen molar-refractivity contribution in [3.63, 3.8) is 0 Å². The number of carboxylic acid groups (broad SMARTS) is 1. The monoisotopic (exact) mass is 503 g/mol. The van der Waals surface area contributed by atoms with Crippen LogP contribution in [0.1, 0.15) is 10.4 Å². The van der Waals surface area contributed by atoms with Gasteiger partial charge in [-0.25, -0.2) is 15.9 Å². The molecule has 0 radical (unpaired) electrons. The number of hydrogen-bond donors (Lipinski definition) is 3. The summed E-state index contributed by atoms with van der Waals surface area (Å²) >= 11 is 7.28. The zero-order valence-electron chi connectivity index (χ0n) is 17.2. The molecule has 2 saturated heterocycles. The number of hydrazone groups is 1. The molecule has 1 aromatic carbocycles. The number of carboxylic acids is 1. The molecular weight excluding hydrogens is 483 g/mol. The average Bonchev–Trinajstić information content (AvgIpc) is 3.40. The molecule has 9 nitrogen and oxygen atoms in total. The molecule has 4 rings (SSSR count). The summed E-state index contributed by atoms with van der Waals surface area (Å²) in [6.45, 7) is 1.78. The number of hydrogen-bond acceptors (Lipinski definition) is 8. The summed E-state index contributed by atoms with van der Waals surface area (Å²) in [6, 6.07) is 3.66. The molecule has 33 heavy (non-hydrogen) atoms. The number of amidine groups is 1. The Kier molecular flexibility index (Phi) is 6.29. The third-order valence-corrected chi connectivity index (χ3v) is 6.96. The van der Waals surface area contributed by atoms with Crippen LogP contribution in [0.15, 0.2) is 29.5 Å². The van der Waals surface area contributed by atoms with Crippen LogP contribution >= 0.6 is 22.9 Å². The van der Waals surface area contributed by atoms with Gasteiger partial charge in [0.1, 0.15) is 0 Å². The normalized spacial score (nSPS) is 20.9. The topological polar surface area (TPSA) is 124 Å². The molecular formula is C19H21ClF3N7O2S. The highest BCUT2D eigenvalue weighted by molar-refractivity contribution is 7.17. The van der Waals surface area contributed by atoms with E-state index in [0.717, 1.165) is 11.2 Å². The maximum absolute atomic E-state index is 13.5. The third-order valence-electron chi connectivity index (χ3n) is 5.64. The molecule has 5 N–H and O–H groups in total. The highest BCUT2D eigenvalue weighted by Gasteiger charge is 2.43. The maximum atomic E-state index is 13.5. The molecule has 2 aliphatic rings. The largest absolute Gasteiger partial charge is 0.480 e. The smallest absolute Gasteiger partial charge is 0.418 e. The molecule has 0 amide bonds. The van der Waals surface area contributed by atoms with Crippen LogP contribution < -0.4 is 21.4 Å². The Bertz CT molecular complexity index is 1070. The van der Waals surface area contributed by atoms with Crippen LogP contribution in [0.3, 0.4) is 0 Å². The molecule has 2 fully saturated rings. The first-order valence-corrected chi connectivity index (χ1v) is 11.1. The Labute approximate surface area is 196 Å². The summed E-state index contributed by atoms with van der Waals surface area (Å²) in [5.41, 5.74) is 5.33. The van der Waals surface area contributed by atoms with Crippen LogP contribution in [0.25, 0.3) is 0 Å². The summed E-state index contributed by atoms with van der Waals surface area (Å²) in [6.07, 6.45) is -2.92. The summed E-state index contributed by atoms with van der Waals surface area (Å²) in [5.74, 6) is 4.75. The van der Waals surface area contributed by atoms with Crippen LogP contribution in [0, 0.1) is 11.8 Å². The van der Waals surface area contributed by atoms with E-state index in [-0.39, 0.29) is 28.4 Å². The molecule has 0 spiro atoms. The number of nitrogens with zero attached hydrogens (tertiary/aromatic N) is 5. The number of benzene rings is 1. The highest BCUT2D eigenvalue weighted by Crippen LogP contribution is 2.42. The van der Waals surface area contributed by atoms with Gasteiger partial charge in [0.25, 0.3) is 0 Å². The predicted octanol–water partition coefficient (Wildman–Crippen LogP) is 2.27. The van der Waals surface area contributed by atoms with E-state index in [2.05, 4.69) is 15.0 Å². The molecule has 2 unspecified atom stereocenters. The van der Waals surface area contributed by atoms with Crippen molar-refractivity contribution in [1.29, 1.82) is 0 Å². The highest BCUT2D eigenvalue weighted by atomic mass is 35.5.